The molecule has 2 rings (SSSR count). The van der Waals surface area contributed by atoms with Crippen molar-refractivity contribution in [1.29, 1.82) is 0 Å². The Hall–Kier alpha value is -1.67. The third-order valence-electron chi connectivity index (χ3n) is 3.88. The summed E-state index contributed by atoms with van der Waals surface area (Å²) in [6, 6.07) is 3.39. The van der Waals surface area contributed by atoms with E-state index in [9.17, 15) is 22.4 Å². The second kappa shape index (κ2) is 7.27. The van der Waals surface area contributed by atoms with Crippen molar-refractivity contribution >= 4 is 5.97 Å². The van der Waals surface area contributed by atoms with Gasteiger partial charge in [-0.15, -0.1) is 0 Å². The molecule has 1 aromatic carbocycles. The molecular weight excluding hydrogens is 316 g/mol. The van der Waals surface area contributed by atoms with E-state index in [2.05, 4.69) is 0 Å². The predicted octanol–water partition coefficient (Wildman–Crippen LogP) is 2.44. The van der Waals surface area contributed by atoms with Crippen LogP contribution in [-0.2, 0) is 17.5 Å². The summed E-state index contributed by atoms with van der Waals surface area (Å²) in [4.78, 5) is 14.3. The number of hydrogen-bond acceptors (Lipinski definition) is 3. The minimum absolute atomic E-state index is 0.0272. The number of carbonyl (C=O) groups is 1. The zero-order chi connectivity index (χ0) is 17.0. The number of nitrogens with zero attached hydrogens (tertiary/aromatic N) is 2. The molecule has 1 fully saturated rings. The molecule has 1 heterocycles. The minimum atomic E-state index is -4.72. The smallest absolute Gasteiger partial charge is 0.419 e. The van der Waals surface area contributed by atoms with Crippen LogP contribution < -0.4 is 0 Å². The summed E-state index contributed by atoms with van der Waals surface area (Å²) in [6.07, 6.45) is -4.67. The number of carboxylic acids is 1. The zero-order valence-electron chi connectivity index (χ0n) is 12.4. The number of rotatable bonds is 5. The quantitative estimate of drug-likeness (QED) is 0.840. The van der Waals surface area contributed by atoms with Crippen molar-refractivity contribution in [2.24, 2.45) is 0 Å². The lowest BCUT2D eigenvalue weighted by Crippen LogP contribution is -2.46. The Morgan fingerprint density at radius 3 is 2.30 bits per heavy atom. The van der Waals surface area contributed by atoms with Crippen LogP contribution in [0.1, 0.15) is 17.5 Å². The third kappa shape index (κ3) is 4.90. The highest BCUT2D eigenvalue weighted by Crippen LogP contribution is 2.34. The van der Waals surface area contributed by atoms with E-state index in [4.69, 9.17) is 5.11 Å². The van der Waals surface area contributed by atoms with Crippen LogP contribution >= 0.6 is 0 Å². The molecule has 128 valence electrons. The summed E-state index contributed by atoms with van der Waals surface area (Å²) in [7, 11) is 0. The van der Waals surface area contributed by atoms with Crippen molar-refractivity contribution in [2.45, 2.75) is 19.1 Å². The number of halogens is 4. The lowest BCUT2D eigenvalue weighted by molar-refractivity contribution is -0.141. The maximum Gasteiger partial charge on any atom is 0.419 e. The van der Waals surface area contributed by atoms with Crippen LogP contribution in [0.25, 0.3) is 0 Å². The standard InChI is InChI=1S/C15H18F4N2O2/c16-12-3-1-2-11(14(12)15(17,18)19)10-21-8-6-20(7-9-21)5-4-13(22)23/h1-3H,4-10H2,(H,22,23). The highest BCUT2D eigenvalue weighted by atomic mass is 19.4. The van der Waals surface area contributed by atoms with Gasteiger partial charge in [0.05, 0.1) is 12.0 Å². The Kier molecular flexibility index (Phi) is 5.59. The van der Waals surface area contributed by atoms with E-state index in [1.54, 1.807) is 0 Å². The summed E-state index contributed by atoms with van der Waals surface area (Å²) >= 11 is 0. The van der Waals surface area contributed by atoms with Crippen LogP contribution in [0, 0.1) is 5.82 Å². The number of carboxylic acid groups (broad SMARTS) is 1. The van der Waals surface area contributed by atoms with E-state index < -0.39 is 23.5 Å². The maximum atomic E-state index is 13.5. The van der Waals surface area contributed by atoms with Gasteiger partial charge in [0, 0.05) is 39.3 Å². The Morgan fingerprint density at radius 1 is 1.13 bits per heavy atom. The molecule has 1 N–H and O–H groups in total. The molecular formula is C15H18F4N2O2. The molecule has 1 aliphatic heterocycles. The van der Waals surface area contributed by atoms with Crippen LogP contribution in [0.15, 0.2) is 18.2 Å². The van der Waals surface area contributed by atoms with Crippen molar-refractivity contribution in [3.8, 4) is 0 Å². The van der Waals surface area contributed by atoms with Crippen LogP contribution in [0.5, 0.6) is 0 Å². The first-order valence-electron chi connectivity index (χ1n) is 7.28. The van der Waals surface area contributed by atoms with Crippen LogP contribution in [0.4, 0.5) is 17.6 Å². The second-order valence-corrected chi connectivity index (χ2v) is 5.53. The molecule has 0 aromatic heterocycles. The monoisotopic (exact) mass is 334 g/mol. The van der Waals surface area contributed by atoms with Gasteiger partial charge in [0.2, 0.25) is 0 Å². The Labute approximate surface area is 131 Å². The largest absolute Gasteiger partial charge is 0.481 e. The van der Waals surface area contributed by atoms with E-state index >= 15 is 0 Å². The van der Waals surface area contributed by atoms with Gasteiger partial charge in [-0.1, -0.05) is 12.1 Å². The van der Waals surface area contributed by atoms with Gasteiger partial charge in [0.1, 0.15) is 5.82 Å². The van der Waals surface area contributed by atoms with Crippen molar-refractivity contribution in [3.63, 3.8) is 0 Å². The fourth-order valence-electron chi connectivity index (χ4n) is 2.68. The molecule has 0 radical (unpaired) electrons. The number of alkyl halides is 3. The van der Waals surface area contributed by atoms with E-state index in [-0.39, 0.29) is 18.5 Å². The number of piperazine rings is 1. The summed E-state index contributed by atoms with van der Waals surface area (Å²) in [6.45, 7) is 2.67. The van der Waals surface area contributed by atoms with Gasteiger partial charge in [-0.05, 0) is 11.6 Å². The topological polar surface area (TPSA) is 43.8 Å². The highest BCUT2D eigenvalue weighted by Gasteiger charge is 2.37. The molecule has 4 nitrogen and oxygen atoms in total. The Morgan fingerprint density at radius 2 is 1.74 bits per heavy atom. The average molecular weight is 334 g/mol. The molecule has 1 saturated heterocycles. The third-order valence-corrected chi connectivity index (χ3v) is 3.88. The Bertz CT molecular complexity index is 555. The van der Waals surface area contributed by atoms with E-state index in [1.165, 1.54) is 12.1 Å². The molecule has 0 aliphatic carbocycles. The number of aliphatic carboxylic acids is 1. The van der Waals surface area contributed by atoms with E-state index in [0.717, 1.165) is 6.07 Å². The van der Waals surface area contributed by atoms with Crippen LogP contribution in [0.3, 0.4) is 0 Å². The van der Waals surface area contributed by atoms with Gasteiger partial charge in [-0.2, -0.15) is 13.2 Å². The zero-order valence-corrected chi connectivity index (χ0v) is 12.4. The fraction of sp³-hybridized carbons (Fsp3) is 0.533. The fourth-order valence-corrected chi connectivity index (χ4v) is 2.68. The van der Waals surface area contributed by atoms with Crippen LogP contribution in [0.2, 0.25) is 0 Å². The van der Waals surface area contributed by atoms with Crippen LogP contribution in [-0.4, -0.2) is 53.6 Å². The van der Waals surface area contributed by atoms with Crippen molar-refractivity contribution in [1.82, 2.24) is 9.80 Å². The molecule has 0 saturated carbocycles. The molecule has 0 amide bonds. The molecule has 1 aliphatic rings. The van der Waals surface area contributed by atoms with Gasteiger partial charge in [-0.3, -0.25) is 9.69 Å². The van der Waals surface area contributed by atoms with E-state index in [0.29, 0.717) is 32.7 Å². The molecule has 8 heteroatoms. The highest BCUT2D eigenvalue weighted by molar-refractivity contribution is 5.66. The van der Waals surface area contributed by atoms with Gasteiger partial charge in [0.25, 0.3) is 0 Å². The first kappa shape index (κ1) is 17.7. The van der Waals surface area contributed by atoms with Crippen molar-refractivity contribution in [3.05, 3.63) is 35.1 Å². The maximum absolute atomic E-state index is 13.5. The minimum Gasteiger partial charge on any atom is -0.481 e. The first-order valence-corrected chi connectivity index (χ1v) is 7.28. The molecule has 0 unspecified atom stereocenters. The average Bonchev–Trinajstić information content (AvgIpc) is 2.45. The summed E-state index contributed by atoms with van der Waals surface area (Å²) < 4.78 is 52.5. The molecule has 1 aromatic rings. The summed E-state index contributed by atoms with van der Waals surface area (Å²) in [5, 5.41) is 8.64. The van der Waals surface area contributed by atoms with Gasteiger partial charge in [0.15, 0.2) is 0 Å². The lowest BCUT2D eigenvalue weighted by atomic mass is 10.1. The molecule has 23 heavy (non-hydrogen) atoms. The predicted molar refractivity (Wildman–Crippen MR) is 75.4 cm³/mol. The first-order chi connectivity index (χ1) is 10.8. The Balaban J connectivity index is 1.97. The normalized spacial score (nSPS) is 17.4. The van der Waals surface area contributed by atoms with Gasteiger partial charge in [-0.25, -0.2) is 4.39 Å². The summed E-state index contributed by atoms with van der Waals surface area (Å²) in [5.74, 6) is -2.13. The van der Waals surface area contributed by atoms with Gasteiger partial charge < -0.3 is 10.0 Å². The SMILES string of the molecule is O=C(O)CCN1CCN(Cc2cccc(F)c2C(F)(F)F)CC1. The summed E-state index contributed by atoms with van der Waals surface area (Å²) in [5.41, 5.74) is -1.27. The van der Waals surface area contributed by atoms with Gasteiger partial charge >= 0.3 is 12.1 Å². The number of benzene rings is 1. The van der Waals surface area contributed by atoms with Crippen molar-refractivity contribution in [2.75, 3.05) is 32.7 Å². The molecule has 0 spiro atoms. The molecule has 0 atom stereocenters. The second-order valence-electron chi connectivity index (χ2n) is 5.53. The van der Waals surface area contributed by atoms with Crippen molar-refractivity contribution < 1.29 is 27.5 Å². The number of hydrogen-bond donors (Lipinski definition) is 1. The lowest BCUT2D eigenvalue weighted by Gasteiger charge is -2.34. The van der Waals surface area contributed by atoms with E-state index in [1.807, 2.05) is 9.80 Å². The molecule has 0 bridgehead atoms.